The highest BCUT2D eigenvalue weighted by Crippen LogP contribution is 2.30. The van der Waals surface area contributed by atoms with Crippen molar-refractivity contribution >= 4 is 15.9 Å². The zero-order valence-electron chi connectivity index (χ0n) is 7.10. The average molecular weight is 265 g/mol. The summed E-state index contributed by atoms with van der Waals surface area (Å²) < 4.78 is 36.3. The molecule has 1 aromatic rings. The van der Waals surface area contributed by atoms with Crippen LogP contribution in [0, 0.1) is 11.6 Å². The van der Waals surface area contributed by atoms with Crippen LogP contribution in [0.25, 0.3) is 0 Å². The van der Waals surface area contributed by atoms with Gasteiger partial charge < -0.3 is 9.47 Å². The van der Waals surface area contributed by atoms with Crippen molar-refractivity contribution in [2.75, 3.05) is 13.2 Å². The van der Waals surface area contributed by atoms with Gasteiger partial charge in [0.15, 0.2) is 11.6 Å². The number of benzene rings is 1. The highest BCUT2D eigenvalue weighted by molar-refractivity contribution is 9.10. The van der Waals surface area contributed by atoms with E-state index in [0.717, 1.165) is 6.07 Å². The Morgan fingerprint density at radius 1 is 1.50 bits per heavy atom. The molecule has 0 aromatic heterocycles. The molecular weight excluding hydrogens is 258 g/mol. The molecule has 1 aliphatic rings. The third-order valence-corrected chi connectivity index (χ3v) is 2.44. The van der Waals surface area contributed by atoms with E-state index in [4.69, 9.17) is 9.47 Å². The Hall–Kier alpha value is -0.680. The zero-order chi connectivity index (χ0) is 10.1. The van der Waals surface area contributed by atoms with Crippen LogP contribution in [-0.2, 0) is 4.74 Å². The summed E-state index contributed by atoms with van der Waals surface area (Å²) in [6.45, 7) is 0.869. The van der Waals surface area contributed by atoms with Gasteiger partial charge in [-0.15, -0.1) is 0 Å². The molecule has 76 valence electrons. The predicted octanol–water partition coefficient (Wildman–Crippen LogP) is 2.50. The highest BCUT2D eigenvalue weighted by Gasteiger charge is 2.24. The summed E-state index contributed by atoms with van der Waals surface area (Å²) in [5, 5.41) is 0. The molecule has 14 heavy (non-hydrogen) atoms. The normalized spacial score (nSPS) is 19.5. The van der Waals surface area contributed by atoms with Crippen LogP contribution in [0.3, 0.4) is 0 Å². The van der Waals surface area contributed by atoms with Gasteiger partial charge in [0, 0.05) is 0 Å². The van der Waals surface area contributed by atoms with Gasteiger partial charge in [0.25, 0.3) is 0 Å². The van der Waals surface area contributed by atoms with Gasteiger partial charge in [0.2, 0.25) is 5.82 Å². The lowest BCUT2D eigenvalue weighted by molar-refractivity contribution is 0.249. The van der Waals surface area contributed by atoms with Gasteiger partial charge in [-0.05, 0) is 28.1 Å². The van der Waals surface area contributed by atoms with Crippen LogP contribution in [0.5, 0.6) is 5.75 Å². The molecule has 0 aliphatic carbocycles. The minimum atomic E-state index is -0.972. The molecule has 0 bridgehead atoms. The number of rotatable bonds is 3. The summed E-state index contributed by atoms with van der Waals surface area (Å²) in [4.78, 5) is 0. The zero-order valence-corrected chi connectivity index (χ0v) is 8.68. The molecule has 1 fully saturated rings. The van der Waals surface area contributed by atoms with Crippen molar-refractivity contribution in [3.63, 3.8) is 0 Å². The second-order valence-electron chi connectivity index (χ2n) is 2.94. The molecule has 2 rings (SSSR count). The van der Waals surface area contributed by atoms with Crippen molar-refractivity contribution in [1.82, 2.24) is 0 Å². The molecule has 2 nitrogen and oxygen atoms in total. The maximum absolute atomic E-state index is 13.2. The number of ether oxygens (including phenoxy) is 2. The van der Waals surface area contributed by atoms with E-state index in [1.165, 1.54) is 6.07 Å². The average Bonchev–Trinajstić information content (AvgIpc) is 2.95. The SMILES string of the molecule is Fc1ccc(Br)c(OC[C@H]2CO2)c1F. The maximum atomic E-state index is 13.2. The van der Waals surface area contributed by atoms with Crippen LogP contribution in [0.4, 0.5) is 8.78 Å². The fourth-order valence-corrected chi connectivity index (χ4v) is 1.40. The second-order valence-corrected chi connectivity index (χ2v) is 3.79. The van der Waals surface area contributed by atoms with E-state index in [-0.39, 0.29) is 18.5 Å². The Kier molecular flexibility index (Phi) is 2.69. The van der Waals surface area contributed by atoms with Crippen LogP contribution in [0.1, 0.15) is 0 Å². The first-order valence-corrected chi connectivity index (χ1v) is 4.85. The maximum Gasteiger partial charge on any atom is 0.201 e. The van der Waals surface area contributed by atoms with Crippen LogP contribution < -0.4 is 4.74 Å². The van der Waals surface area contributed by atoms with E-state index >= 15 is 0 Å². The topological polar surface area (TPSA) is 21.8 Å². The number of epoxide rings is 1. The molecule has 0 saturated carbocycles. The van der Waals surface area contributed by atoms with Crippen molar-refractivity contribution in [3.8, 4) is 5.75 Å². The van der Waals surface area contributed by atoms with Crippen molar-refractivity contribution in [1.29, 1.82) is 0 Å². The Bertz CT molecular complexity index is 353. The highest BCUT2D eigenvalue weighted by atomic mass is 79.9. The van der Waals surface area contributed by atoms with Crippen molar-refractivity contribution < 1.29 is 18.3 Å². The summed E-state index contributed by atoms with van der Waals surface area (Å²) in [5.74, 6) is -1.99. The molecule has 1 saturated heterocycles. The van der Waals surface area contributed by atoms with Crippen molar-refractivity contribution in [2.24, 2.45) is 0 Å². The first kappa shape index (κ1) is 9.86. The van der Waals surface area contributed by atoms with Crippen LogP contribution >= 0.6 is 15.9 Å². The molecule has 1 aromatic carbocycles. The van der Waals surface area contributed by atoms with E-state index in [9.17, 15) is 8.78 Å². The standard InChI is InChI=1S/C9H7BrF2O2/c10-6-1-2-7(11)8(12)9(6)14-4-5-3-13-5/h1-2,5H,3-4H2/t5-/m1/s1. The van der Waals surface area contributed by atoms with Crippen LogP contribution in [-0.4, -0.2) is 19.3 Å². The fourth-order valence-electron chi connectivity index (χ4n) is 0.981. The van der Waals surface area contributed by atoms with E-state index in [2.05, 4.69) is 15.9 Å². The molecule has 1 heterocycles. The van der Waals surface area contributed by atoms with Crippen LogP contribution in [0.15, 0.2) is 16.6 Å². The monoisotopic (exact) mass is 264 g/mol. The molecular formula is C9H7BrF2O2. The van der Waals surface area contributed by atoms with Gasteiger partial charge in [-0.25, -0.2) is 4.39 Å². The van der Waals surface area contributed by atoms with Crippen molar-refractivity contribution in [3.05, 3.63) is 28.2 Å². The summed E-state index contributed by atoms with van der Waals surface area (Å²) >= 11 is 3.08. The molecule has 5 heteroatoms. The lowest BCUT2D eigenvalue weighted by Gasteiger charge is -2.07. The van der Waals surface area contributed by atoms with Gasteiger partial charge in [-0.1, -0.05) is 0 Å². The molecule has 1 aliphatic heterocycles. The molecule has 0 unspecified atom stereocenters. The predicted molar refractivity (Wildman–Crippen MR) is 49.3 cm³/mol. The lowest BCUT2D eigenvalue weighted by Crippen LogP contribution is -2.06. The minimum Gasteiger partial charge on any atom is -0.486 e. The lowest BCUT2D eigenvalue weighted by atomic mass is 10.3. The molecule has 0 amide bonds. The number of halogens is 3. The van der Waals surface area contributed by atoms with Gasteiger partial charge in [-0.3, -0.25) is 0 Å². The van der Waals surface area contributed by atoms with Gasteiger partial charge in [0.05, 0.1) is 11.1 Å². The number of hydrogen-bond acceptors (Lipinski definition) is 2. The Morgan fingerprint density at radius 2 is 2.21 bits per heavy atom. The first-order chi connectivity index (χ1) is 6.68. The van der Waals surface area contributed by atoms with Gasteiger partial charge in [0.1, 0.15) is 12.7 Å². The molecule has 1 atom stereocenters. The smallest absolute Gasteiger partial charge is 0.201 e. The summed E-state index contributed by atoms with van der Waals surface area (Å²) in [5.41, 5.74) is 0. The van der Waals surface area contributed by atoms with E-state index in [1.54, 1.807) is 0 Å². The minimum absolute atomic E-state index is 0.0181. The fraction of sp³-hybridized carbons (Fsp3) is 0.333. The third kappa shape index (κ3) is 2.04. The summed E-state index contributed by atoms with van der Waals surface area (Å²) in [6, 6.07) is 2.45. The molecule has 0 radical (unpaired) electrons. The van der Waals surface area contributed by atoms with E-state index < -0.39 is 11.6 Å². The Balaban J connectivity index is 2.16. The van der Waals surface area contributed by atoms with E-state index in [0.29, 0.717) is 11.1 Å². The summed E-state index contributed by atoms with van der Waals surface area (Å²) in [6.07, 6.45) is 0.0181. The van der Waals surface area contributed by atoms with E-state index in [1.807, 2.05) is 0 Å². The summed E-state index contributed by atoms with van der Waals surface area (Å²) in [7, 11) is 0. The second kappa shape index (κ2) is 3.82. The first-order valence-electron chi connectivity index (χ1n) is 4.06. The number of hydrogen-bond donors (Lipinski definition) is 0. The molecule has 0 N–H and O–H groups in total. The van der Waals surface area contributed by atoms with Gasteiger partial charge in [-0.2, -0.15) is 4.39 Å². The van der Waals surface area contributed by atoms with Crippen LogP contribution in [0.2, 0.25) is 0 Å². The Morgan fingerprint density at radius 3 is 2.86 bits per heavy atom. The van der Waals surface area contributed by atoms with Crippen molar-refractivity contribution in [2.45, 2.75) is 6.10 Å². The van der Waals surface area contributed by atoms with Gasteiger partial charge >= 0.3 is 0 Å². The third-order valence-electron chi connectivity index (χ3n) is 1.82. The molecule has 0 spiro atoms. The quantitative estimate of drug-likeness (QED) is 0.618. The largest absolute Gasteiger partial charge is 0.486 e. The Labute approximate surface area is 87.9 Å².